The number of carbonyl (C=O) groups is 5. The van der Waals surface area contributed by atoms with Gasteiger partial charge in [-0.15, -0.1) is 0 Å². The number of rotatable bonds is 1. The predicted molar refractivity (Wildman–Crippen MR) is 98.1 cm³/mol. The SMILES string of the molecule is CNC(=O)C1C(=O)C[C@@H]2C[C@@H]3Cc4c(C)ccc(O)c4C(=O)C3C(=O)[C@]2(O)C1=O. The third-order valence-electron chi connectivity index (χ3n) is 6.74. The third-order valence-corrected chi connectivity index (χ3v) is 6.74. The van der Waals surface area contributed by atoms with E-state index in [2.05, 4.69) is 5.32 Å². The molecule has 3 N–H and O–H groups in total. The molecule has 0 aliphatic heterocycles. The number of fused-ring (bicyclic) bond motifs is 3. The van der Waals surface area contributed by atoms with E-state index >= 15 is 0 Å². The number of carbonyl (C=O) groups excluding carboxylic acids is 5. The van der Waals surface area contributed by atoms with E-state index in [1.54, 1.807) is 13.0 Å². The molecule has 8 nitrogen and oxygen atoms in total. The largest absolute Gasteiger partial charge is 0.507 e. The average molecular weight is 399 g/mol. The van der Waals surface area contributed by atoms with Crippen LogP contribution in [-0.4, -0.2) is 51.9 Å². The number of phenols is 1. The molecule has 0 saturated heterocycles. The van der Waals surface area contributed by atoms with Gasteiger partial charge in [-0.25, -0.2) is 0 Å². The minimum Gasteiger partial charge on any atom is -0.507 e. The Balaban J connectivity index is 1.80. The first-order valence-electron chi connectivity index (χ1n) is 9.53. The summed E-state index contributed by atoms with van der Waals surface area (Å²) in [4.78, 5) is 63.8. The topological polar surface area (TPSA) is 138 Å². The molecule has 1 amide bonds. The van der Waals surface area contributed by atoms with Crippen LogP contribution in [0.25, 0.3) is 0 Å². The van der Waals surface area contributed by atoms with Crippen LogP contribution in [0.1, 0.15) is 34.3 Å². The monoisotopic (exact) mass is 399 g/mol. The maximum Gasteiger partial charge on any atom is 0.238 e. The number of ketones is 4. The summed E-state index contributed by atoms with van der Waals surface area (Å²) in [6.45, 7) is 1.80. The summed E-state index contributed by atoms with van der Waals surface area (Å²) in [5.74, 6) is -9.02. The van der Waals surface area contributed by atoms with Crippen LogP contribution in [0.4, 0.5) is 0 Å². The highest BCUT2D eigenvalue weighted by molar-refractivity contribution is 6.31. The first kappa shape index (κ1) is 19.4. The number of aliphatic hydroxyl groups is 1. The lowest BCUT2D eigenvalue weighted by atomic mass is 9.53. The molecule has 0 spiro atoms. The average Bonchev–Trinajstić information content (AvgIpc) is 2.67. The quantitative estimate of drug-likeness (QED) is 0.561. The highest BCUT2D eigenvalue weighted by Crippen LogP contribution is 2.50. The summed E-state index contributed by atoms with van der Waals surface area (Å²) >= 11 is 0. The molecule has 3 aliphatic rings. The molecule has 152 valence electrons. The van der Waals surface area contributed by atoms with E-state index in [1.807, 2.05) is 0 Å². The van der Waals surface area contributed by atoms with Crippen molar-refractivity contribution in [3.05, 3.63) is 28.8 Å². The molecule has 5 atom stereocenters. The van der Waals surface area contributed by atoms with Gasteiger partial charge >= 0.3 is 0 Å². The predicted octanol–water partition coefficient (Wildman–Crippen LogP) is -0.104. The maximum atomic E-state index is 13.3. The fourth-order valence-corrected chi connectivity index (χ4v) is 5.24. The van der Waals surface area contributed by atoms with Crippen LogP contribution in [0, 0.1) is 30.6 Å². The number of benzene rings is 1. The zero-order valence-electron chi connectivity index (χ0n) is 16.0. The molecule has 0 heterocycles. The Kier molecular flexibility index (Phi) is 4.24. The molecule has 1 aromatic rings. The second-order valence-corrected chi connectivity index (χ2v) is 8.21. The summed E-state index contributed by atoms with van der Waals surface area (Å²) in [6.07, 6.45) is 0.173. The summed E-state index contributed by atoms with van der Waals surface area (Å²) in [7, 11) is 1.25. The first-order chi connectivity index (χ1) is 13.6. The van der Waals surface area contributed by atoms with Gasteiger partial charge in [0.25, 0.3) is 0 Å². The van der Waals surface area contributed by atoms with Crippen molar-refractivity contribution in [3.8, 4) is 5.75 Å². The van der Waals surface area contributed by atoms with Gasteiger partial charge in [0.15, 0.2) is 34.7 Å². The van der Waals surface area contributed by atoms with Crippen molar-refractivity contribution >= 4 is 29.0 Å². The van der Waals surface area contributed by atoms with E-state index in [4.69, 9.17) is 0 Å². The summed E-state index contributed by atoms with van der Waals surface area (Å²) in [6, 6.07) is 3.06. The lowest BCUT2D eigenvalue weighted by Gasteiger charge is -2.48. The molecule has 3 aliphatic carbocycles. The molecule has 1 aromatic carbocycles. The van der Waals surface area contributed by atoms with Crippen LogP contribution in [0.5, 0.6) is 5.75 Å². The van der Waals surface area contributed by atoms with Crippen molar-refractivity contribution in [1.82, 2.24) is 5.32 Å². The normalized spacial score (nSPS) is 33.6. The number of phenolic OH excluding ortho intramolecular Hbond substituents is 1. The first-order valence-corrected chi connectivity index (χ1v) is 9.53. The minimum atomic E-state index is -2.56. The number of amides is 1. The Bertz CT molecular complexity index is 997. The molecular weight excluding hydrogens is 378 g/mol. The number of Topliss-reactive ketones (excluding diaryl/α,β-unsaturated/α-hetero) is 4. The molecule has 0 bridgehead atoms. The van der Waals surface area contributed by atoms with Crippen molar-refractivity contribution in [3.63, 3.8) is 0 Å². The second kappa shape index (κ2) is 6.32. The fourth-order valence-electron chi connectivity index (χ4n) is 5.24. The van der Waals surface area contributed by atoms with Gasteiger partial charge in [-0.3, -0.25) is 24.0 Å². The van der Waals surface area contributed by atoms with Crippen molar-refractivity contribution < 1.29 is 34.2 Å². The van der Waals surface area contributed by atoms with Crippen molar-refractivity contribution in [2.24, 2.45) is 23.7 Å². The van der Waals surface area contributed by atoms with Gasteiger partial charge in [-0.05, 0) is 42.9 Å². The Morgan fingerprint density at radius 2 is 1.83 bits per heavy atom. The van der Waals surface area contributed by atoms with E-state index in [-0.39, 0.29) is 24.2 Å². The zero-order chi connectivity index (χ0) is 21.2. The fraction of sp³-hybridized carbons (Fsp3) is 0.476. The van der Waals surface area contributed by atoms with Gasteiger partial charge in [0, 0.05) is 19.4 Å². The number of hydrogen-bond donors (Lipinski definition) is 3. The molecule has 8 heteroatoms. The molecule has 2 unspecified atom stereocenters. The van der Waals surface area contributed by atoms with E-state index < -0.39 is 58.3 Å². The zero-order valence-corrected chi connectivity index (χ0v) is 16.0. The van der Waals surface area contributed by atoms with Crippen molar-refractivity contribution in [2.45, 2.75) is 31.8 Å². The van der Waals surface area contributed by atoms with Gasteiger partial charge in [0.1, 0.15) is 5.75 Å². The lowest BCUT2D eigenvalue weighted by molar-refractivity contribution is -0.175. The van der Waals surface area contributed by atoms with Crippen LogP contribution in [-0.2, 0) is 25.6 Å². The van der Waals surface area contributed by atoms with Gasteiger partial charge in [-0.1, -0.05) is 6.07 Å². The summed E-state index contributed by atoms with van der Waals surface area (Å²) in [5.41, 5.74) is -1.07. The highest BCUT2D eigenvalue weighted by Gasteiger charge is 2.66. The summed E-state index contributed by atoms with van der Waals surface area (Å²) < 4.78 is 0. The van der Waals surface area contributed by atoms with Crippen LogP contribution < -0.4 is 5.32 Å². The molecule has 0 aromatic heterocycles. The summed E-state index contributed by atoms with van der Waals surface area (Å²) in [5, 5.41) is 23.6. The Labute approximate surface area is 166 Å². The second-order valence-electron chi connectivity index (χ2n) is 8.21. The van der Waals surface area contributed by atoms with Crippen LogP contribution >= 0.6 is 0 Å². The maximum absolute atomic E-state index is 13.3. The number of nitrogens with one attached hydrogen (secondary N) is 1. The highest BCUT2D eigenvalue weighted by atomic mass is 16.3. The smallest absolute Gasteiger partial charge is 0.238 e. The molecule has 0 radical (unpaired) electrons. The van der Waals surface area contributed by atoms with Crippen LogP contribution in [0.2, 0.25) is 0 Å². The van der Waals surface area contributed by atoms with E-state index in [9.17, 15) is 34.2 Å². The Hall–Kier alpha value is -2.87. The minimum absolute atomic E-state index is 0.0452. The van der Waals surface area contributed by atoms with Crippen LogP contribution in [0.3, 0.4) is 0 Å². The van der Waals surface area contributed by atoms with E-state index in [1.165, 1.54) is 13.1 Å². The van der Waals surface area contributed by atoms with Crippen molar-refractivity contribution in [1.29, 1.82) is 0 Å². The standard InChI is InChI=1S/C21H21NO7/c1-8-3-4-12(23)15-11(8)6-9-5-10-7-13(24)16(20(28)22-2)19(27)21(10,29)18(26)14(9)17(15)25/h3-4,9-10,14,16,23,29H,5-7H2,1-2H3,(H,22,28)/t9-,10+,14?,16?,21+/m1/s1. The Morgan fingerprint density at radius 1 is 1.14 bits per heavy atom. The van der Waals surface area contributed by atoms with Gasteiger partial charge in [-0.2, -0.15) is 0 Å². The van der Waals surface area contributed by atoms with E-state index in [0.29, 0.717) is 12.0 Å². The lowest BCUT2D eigenvalue weighted by Crippen LogP contribution is -2.68. The third kappa shape index (κ3) is 2.45. The van der Waals surface area contributed by atoms with E-state index in [0.717, 1.165) is 5.56 Å². The molecule has 2 fully saturated rings. The van der Waals surface area contributed by atoms with Gasteiger partial charge in [0.05, 0.1) is 11.5 Å². The van der Waals surface area contributed by atoms with Crippen LogP contribution in [0.15, 0.2) is 12.1 Å². The molecular formula is C21H21NO7. The van der Waals surface area contributed by atoms with Gasteiger partial charge < -0.3 is 15.5 Å². The number of hydrogen-bond acceptors (Lipinski definition) is 7. The molecule has 4 rings (SSSR count). The van der Waals surface area contributed by atoms with Crippen molar-refractivity contribution in [2.75, 3.05) is 7.05 Å². The number of aryl methyl sites for hydroxylation is 1. The van der Waals surface area contributed by atoms with Gasteiger partial charge in [0.2, 0.25) is 5.91 Å². The Morgan fingerprint density at radius 3 is 2.48 bits per heavy atom. The molecule has 29 heavy (non-hydrogen) atoms. The number of aromatic hydroxyl groups is 1. The molecule has 2 saturated carbocycles.